The number of carbonyl (C=O) groups is 1. The smallest absolute Gasteiger partial charge is 0.256 e. The summed E-state index contributed by atoms with van der Waals surface area (Å²) < 4.78 is 0. The lowest BCUT2D eigenvalue weighted by atomic mass is 9.99. The van der Waals surface area contributed by atoms with Crippen LogP contribution in [0.15, 0.2) is 29.8 Å². The molecule has 4 nitrogen and oxygen atoms in total. The Labute approximate surface area is 145 Å². The number of thiophene rings is 1. The van der Waals surface area contributed by atoms with Crippen molar-refractivity contribution in [2.24, 2.45) is 5.73 Å². The number of benzene rings is 1. The van der Waals surface area contributed by atoms with Crippen LogP contribution in [-0.4, -0.2) is 17.6 Å². The Morgan fingerprint density at radius 2 is 2.04 bits per heavy atom. The molecule has 1 aliphatic carbocycles. The molecule has 0 bridgehead atoms. The first kappa shape index (κ1) is 15.4. The average molecular weight is 340 g/mol. The molecule has 4 N–H and O–H groups in total. The minimum Gasteiger partial charge on any atom is -0.507 e. The van der Waals surface area contributed by atoms with E-state index in [1.165, 1.54) is 4.88 Å². The Morgan fingerprint density at radius 3 is 2.67 bits per heavy atom. The molecule has 1 fully saturated rings. The summed E-state index contributed by atoms with van der Waals surface area (Å²) in [6.07, 6.45) is 2.28. The van der Waals surface area contributed by atoms with Crippen molar-refractivity contribution in [3.8, 4) is 16.2 Å². The van der Waals surface area contributed by atoms with Gasteiger partial charge >= 0.3 is 0 Å². The summed E-state index contributed by atoms with van der Waals surface area (Å²) in [4.78, 5) is 14.5. The lowest BCUT2D eigenvalue weighted by Gasteiger charge is -2.09. The number of carbonyl (C=O) groups excluding carboxylic acids is 1. The highest BCUT2D eigenvalue weighted by atomic mass is 32.1. The van der Waals surface area contributed by atoms with E-state index in [2.05, 4.69) is 11.4 Å². The van der Waals surface area contributed by atoms with E-state index in [-0.39, 0.29) is 17.1 Å². The van der Waals surface area contributed by atoms with Crippen molar-refractivity contribution in [1.29, 1.82) is 0 Å². The molecule has 24 heavy (non-hydrogen) atoms. The largest absolute Gasteiger partial charge is 0.507 e. The van der Waals surface area contributed by atoms with Crippen LogP contribution >= 0.6 is 11.3 Å². The highest BCUT2D eigenvalue weighted by Crippen LogP contribution is 2.52. The maximum absolute atomic E-state index is 12.2. The molecule has 1 saturated carbocycles. The number of fused-ring (bicyclic) bond motifs is 1. The summed E-state index contributed by atoms with van der Waals surface area (Å²) >= 11 is 1.69. The van der Waals surface area contributed by atoms with Gasteiger partial charge in [-0.1, -0.05) is 5.57 Å². The molecule has 2 heterocycles. The molecule has 1 aromatic carbocycles. The van der Waals surface area contributed by atoms with Gasteiger partial charge in [-0.15, -0.1) is 11.3 Å². The number of hydrogen-bond donors (Lipinski definition) is 3. The molecule has 2 aliphatic rings. The highest BCUT2D eigenvalue weighted by molar-refractivity contribution is 7.15. The second kappa shape index (κ2) is 5.19. The van der Waals surface area contributed by atoms with E-state index < -0.39 is 0 Å². The van der Waals surface area contributed by atoms with E-state index in [0.717, 1.165) is 34.4 Å². The van der Waals surface area contributed by atoms with Crippen molar-refractivity contribution in [3.63, 3.8) is 0 Å². The summed E-state index contributed by atoms with van der Waals surface area (Å²) in [5.41, 5.74) is 10.1. The van der Waals surface area contributed by atoms with Crippen LogP contribution in [0.4, 0.5) is 5.69 Å². The Hall–Kier alpha value is -2.11. The molecule has 4 rings (SSSR count). The second-order valence-corrected chi connectivity index (χ2v) is 7.98. The van der Waals surface area contributed by atoms with Crippen LogP contribution in [0.5, 0.6) is 5.75 Å². The number of rotatable bonds is 3. The Kier molecular flexibility index (Phi) is 3.34. The monoisotopic (exact) mass is 340 g/mol. The zero-order valence-electron chi connectivity index (χ0n) is 13.8. The topological polar surface area (TPSA) is 75.3 Å². The molecular weight excluding hydrogens is 320 g/mol. The molecule has 0 spiro atoms. The van der Waals surface area contributed by atoms with E-state index in [1.807, 2.05) is 26.0 Å². The molecule has 5 heteroatoms. The maximum Gasteiger partial charge on any atom is 0.256 e. The molecule has 2 aromatic rings. The third-order valence-electron chi connectivity index (χ3n) is 5.02. The molecule has 0 atom stereocenters. The third-order valence-corrected chi connectivity index (χ3v) is 6.38. The van der Waals surface area contributed by atoms with Crippen LogP contribution < -0.4 is 11.1 Å². The number of phenolic OH excluding ortho intramolecular Hbond substituents is 1. The number of nitrogens with two attached hydrogens (primary N) is 1. The minimum atomic E-state index is -0.103. The van der Waals surface area contributed by atoms with Gasteiger partial charge in [0.05, 0.1) is 5.69 Å². The fourth-order valence-corrected chi connectivity index (χ4v) is 4.66. The van der Waals surface area contributed by atoms with Crippen LogP contribution in [0.1, 0.15) is 37.1 Å². The molecule has 1 amide bonds. The van der Waals surface area contributed by atoms with Crippen molar-refractivity contribution in [2.45, 2.75) is 32.1 Å². The predicted octanol–water partition coefficient (Wildman–Crippen LogP) is 3.86. The van der Waals surface area contributed by atoms with E-state index in [0.29, 0.717) is 17.8 Å². The number of allylic oxidation sites excluding steroid dienone is 1. The minimum absolute atomic E-state index is 0.103. The second-order valence-electron chi connectivity index (χ2n) is 6.89. The number of hydrogen-bond acceptors (Lipinski definition) is 4. The van der Waals surface area contributed by atoms with E-state index in [1.54, 1.807) is 17.4 Å². The predicted molar refractivity (Wildman–Crippen MR) is 98.3 cm³/mol. The standard InChI is InChI=1S/C19H20N2O2S/c1-10(2)17-11-7-12(14(22)8-13(11)21-18(17)23)15-3-4-16(24-15)19(9-20)5-6-19/h3-4,7-8,22H,5-6,9,20H2,1-2H3,(H,21,23). The summed E-state index contributed by atoms with van der Waals surface area (Å²) in [7, 11) is 0. The first-order valence-electron chi connectivity index (χ1n) is 8.12. The molecular formula is C19H20N2O2S. The summed E-state index contributed by atoms with van der Waals surface area (Å²) in [6.45, 7) is 4.53. The summed E-state index contributed by atoms with van der Waals surface area (Å²) in [6, 6.07) is 7.73. The number of phenols is 1. The van der Waals surface area contributed by atoms with Crippen LogP contribution in [0.3, 0.4) is 0 Å². The molecule has 1 aromatic heterocycles. The fraction of sp³-hybridized carbons (Fsp3) is 0.316. The molecule has 124 valence electrons. The van der Waals surface area contributed by atoms with Crippen molar-refractivity contribution >= 4 is 28.5 Å². The average Bonchev–Trinajstić information content (AvgIpc) is 3.05. The number of amides is 1. The molecule has 0 unspecified atom stereocenters. The zero-order chi connectivity index (χ0) is 17.1. The van der Waals surface area contributed by atoms with Gasteiger partial charge in [0, 0.05) is 44.5 Å². The van der Waals surface area contributed by atoms with Gasteiger partial charge in [0.15, 0.2) is 0 Å². The summed E-state index contributed by atoms with van der Waals surface area (Å²) in [5.74, 6) is 0.0866. The number of nitrogens with one attached hydrogen (secondary N) is 1. The Bertz CT molecular complexity index is 887. The van der Waals surface area contributed by atoms with Gasteiger partial charge in [0.2, 0.25) is 0 Å². The van der Waals surface area contributed by atoms with Crippen molar-refractivity contribution in [1.82, 2.24) is 0 Å². The van der Waals surface area contributed by atoms with Gasteiger partial charge in [-0.25, -0.2) is 0 Å². The van der Waals surface area contributed by atoms with Crippen molar-refractivity contribution in [3.05, 3.63) is 40.3 Å². The number of anilines is 1. The number of aromatic hydroxyl groups is 1. The Balaban J connectivity index is 1.81. The van der Waals surface area contributed by atoms with Crippen molar-refractivity contribution in [2.75, 3.05) is 11.9 Å². The van der Waals surface area contributed by atoms with Crippen LogP contribution in [0.2, 0.25) is 0 Å². The lowest BCUT2D eigenvalue weighted by molar-refractivity contribution is -0.110. The van der Waals surface area contributed by atoms with Gasteiger partial charge in [-0.3, -0.25) is 4.79 Å². The fourth-order valence-electron chi connectivity index (χ4n) is 3.37. The molecule has 1 aliphatic heterocycles. The SMILES string of the molecule is CC(C)=C1C(=O)Nc2cc(O)c(-c3ccc(C4(CN)CC4)s3)cc21. The van der Waals surface area contributed by atoms with Gasteiger partial charge in [-0.2, -0.15) is 0 Å². The van der Waals surface area contributed by atoms with Gasteiger partial charge in [0.1, 0.15) is 5.75 Å². The van der Waals surface area contributed by atoms with Crippen LogP contribution in [-0.2, 0) is 10.2 Å². The van der Waals surface area contributed by atoms with E-state index in [4.69, 9.17) is 5.73 Å². The zero-order valence-corrected chi connectivity index (χ0v) is 14.6. The van der Waals surface area contributed by atoms with Crippen molar-refractivity contribution < 1.29 is 9.90 Å². The first-order chi connectivity index (χ1) is 11.4. The highest BCUT2D eigenvalue weighted by Gasteiger charge is 2.44. The summed E-state index contributed by atoms with van der Waals surface area (Å²) in [5, 5.41) is 13.3. The van der Waals surface area contributed by atoms with E-state index >= 15 is 0 Å². The lowest BCUT2D eigenvalue weighted by Crippen LogP contribution is -2.18. The third kappa shape index (κ3) is 2.19. The quantitative estimate of drug-likeness (QED) is 0.743. The van der Waals surface area contributed by atoms with Gasteiger partial charge < -0.3 is 16.2 Å². The maximum atomic E-state index is 12.2. The van der Waals surface area contributed by atoms with Gasteiger partial charge in [-0.05, 0) is 44.9 Å². The molecule has 0 radical (unpaired) electrons. The van der Waals surface area contributed by atoms with Crippen LogP contribution in [0, 0.1) is 0 Å². The Morgan fingerprint density at radius 1 is 1.29 bits per heavy atom. The van der Waals surface area contributed by atoms with E-state index in [9.17, 15) is 9.90 Å². The normalized spacial score (nSPS) is 17.6. The first-order valence-corrected chi connectivity index (χ1v) is 8.94. The van der Waals surface area contributed by atoms with Gasteiger partial charge in [0.25, 0.3) is 5.91 Å². The van der Waals surface area contributed by atoms with Crippen LogP contribution in [0.25, 0.3) is 16.0 Å². The molecule has 0 saturated heterocycles.